The largest absolute Gasteiger partial charge is 0.450 e. The fraction of sp³-hybridized carbons (Fsp3) is 0.167. The van der Waals surface area contributed by atoms with Gasteiger partial charge >= 0.3 is 12.1 Å². The van der Waals surface area contributed by atoms with E-state index in [1.54, 1.807) is 54.6 Å². The van der Waals surface area contributed by atoms with E-state index < -0.39 is 24.7 Å². The van der Waals surface area contributed by atoms with E-state index in [1.165, 1.54) is 6.08 Å². The van der Waals surface area contributed by atoms with Crippen molar-refractivity contribution in [3.05, 3.63) is 81.4 Å². The van der Waals surface area contributed by atoms with E-state index in [-0.39, 0.29) is 0 Å². The van der Waals surface area contributed by atoms with E-state index in [0.29, 0.717) is 14.7 Å². The highest BCUT2D eigenvalue weighted by atomic mass is 127. The van der Waals surface area contributed by atoms with Crippen LogP contribution < -0.4 is 0 Å². The van der Waals surface area contributed by atoms with Gasteiger partial charge in [-0.3, -0.25) is 0 Å². The Kier molecular flexibility index (Phi) is 6.42. The van der Waals surface area contributed by atoms with Crippen LogP contribution in [0.15, 0.2) is 66.7 Å². The molecule has 0 aliphatic carbocycles. The van der Waals surface area contributed by atoms with Crippen LogP contribution in [0.3, 0.4) is 0 Å². The van der Waals surface area contributed by atoms with Crippen molar-refractivity contribution in [2.75, 3.05) is 0 Å². The highest BCUT2D eigenvalue weighted by Gasteiger charge is 2.25. The summed E-state index contributed by atoms with van der Waals surface area (Å²) in [5, 5.41) is 0. The zero-order chi connectivity index (χ0) is 17.6. The first-order valence-electron chi connectivity index (χ1n) is 7.11. The van der Waals surface area contributed by atoms with Crippen LogP contribution >= 0.6 is 22.6 Å². The summed E-state index contributed by atoms with van der Waals surface area (Å²) in [6, 6.07) is 15.5. The summed E-state index contributed by atoms with van der Waals surface area (Å²) < 4.78 is 43.1. The maximum atomic E-state index is 12.3. The van der Waals surface area contributed by atoms with Gasteiger partial charge in [-0.1, -0.05) is 48.5 Å². The molecular weight excluding hydrogens is 432 g/mol. The zero-order valence-electron chi connectivity index (χ0n) is 12.5. The van der Waals surface area contributed by atoms with E-state index in [9.17, 15) is 18.0 Å². The minimum absolute atomic E-state index is 0.378. The molecule has 24 heavy (non-hydrogen) atoms. The number of alkyl halides is 3. The number of rotatable bonds is 5. The first-order valence-corrected chi connectivity index (χ1v) is 8.18. The minimum atomic E-state index is -4.30. The average Bonchev–Trinajstić information content (AvgIpc) is 2.54. The maximum Gasteiger partial charge on any atom is 0.392 e. The van der Waals surface area contributed by atoms with Crippen molar-refractivity contribution in [3.8, 4) is 0 Å². The lowest BCUT2D eigenvalue weighted by molar-refractivity contribution is -0.125. The van der Waals surface area contributed by atoms with E-state index >= 15 is 0 Å². The Labute approximate surface area is 151 Å². The number of hydrogen-bond acceptors (Lipinski definition) is 2. The first kappa shape index (κ1) is 18.5. The van der Waals surface area contributed by atoms with Crippen LogP contribution in [-0.2, 0) is 4.74 Å². The van der Waals surface area contributed by atoms with Crippen LogP contribution in [0, 0.1) is 3.57 Å². The number of halogens is 4. The molecular formula is C18H14F3IO2. The van der Waals surface area contributed by atoms with Gasteiger partial charge < -0.3 is 4.74 Å². The van der Waals surface area contributed by atoms with Crippen LogP contribution in [0.1, 0.15) is 28.4 Å². The number of esters is 1. The number of benzene rings is 2. The van der Waals surface area contributed by atoms with Crippen molar-refractivity contribution in [2.24, 2.45) is 0 Å². The molecule has 0 heterocycles. The fourth-order valence-corrected chi connectivity index (χ4v) is 2.60. The Morgan fingerprint density at radius 2 is 1.71 bits per heavy atom. The standard InChI is InChI=1S/C18H14F3IO2/c19-18(20,21)12-6-11-16(13-7-2-1-3-8-13)24-17(23)14-9-4-5-10-15(14)22/h1-11,16H,12H2/b11-6+. The molecule has 0 amide bonds. The second-order valence-electron chi connectivity index (χ2n) is 4.96. The summed E-state index contributed by atoms with van der Waals surface area (Å²) >= 11 is 2.01. The lowest BCUT2D eigenvalue weighted by Gasteiger charge is -2.16. The van der Waals surface area contributed by atoms with Gasteiger partial charge in [0.25, 0.3) is 0 Å². The van der Waals surface area contributed by atoms with Crippen LogP contribution in [0.4, 0.5) is 13.2 Å². The van der Waals surface area contributed by atoms with Gasteiger partial charge in [0.05, 0.1) is 12.0 Å². The van der Waals surface area contributed by atoms with Crippen molar-refractivity contribution in [1.29, 1.82) is 0 Å². The minimum Gasteiger partial charge on any atom is -0.450 e. The van der Waals surface area contributed by atoms with Gasteiger partial charge in [-0.25, -0.2) is 4.79 Å². The molecule has 0 fully saturated rings. The summed E-state index contributed by atoms with van der Waals surface area (Å²) in [5.74, 6) is -0.578. The molecule has 0 saturated heterocycles. The number of hydrogen-bond donors (Lipinski definition) is 0. The van der Waals surface area contributed by atoms with Gasteiger partial charge in [-0.15, -0.1) is 0 Å². The summed E-state index contributed by atoms with van der Waals surface area (Å²) in [6.45, 7) is 0. The molecule has 0 saturated carbocycles. The molecule has 6 heteroatoms. The van der Waals surface area contributed by atoms with Gasteiger partial charge in [0.2, 0.25) is 0 Å². The third-order valence-corrected chi connectivity index (χ3v) is 4.06. The topological polar surface area (TPSA) is 26.3 Å². The van der Waals surface area contributed by atoms with E-state index in [0.717, 1.165) is 6.08 Å². The molecule has 1 atom stereocenters. The second kappa shape index (κ2) is 8.32. The Bertz CT molecular complexity index is 712. The van der Waals surface area contributed by atoms with E-state index in [1.807, 2.05) is 22.6 Å². The molecule has 0 spiro atoms. The number of allylic oxidation sites excluding steroid dienone is 1. The highest BCUT2D eigenvalue weighted by Crippen LogP contribution is 2.25. The van der Waals surface area contributed by atoms with Crippen molar-refractivity contribution in [2.45, 2.75) is 18.7 Å². The molecule has 0 aliphatic heterocycles. The molecule has 0 bridgehead atoms. The molecule has 0 radical (unpaired) electrons. The van der Waals surface area contributed by atoms with Crippen molar-refractivity contribution < 1.29 is 22.7 Å². The van der Waals surface area contributed by atoms with Crippen molar-refractivity contribution >= 4 is 28.6 Å². The summed E-state index contributed by atoms with van der Waals surface area (Å²) in [6.07, 6.45) is -4.01. The quantitative estimate of drug-likeness (QED) is 0.335. The highest BCUT2D eigenvalue weighted by molar-refractivity contribution is 14.1. The van der Waals surface area contributed by atoms with Gasteiger partial charge in [-0.05, 0) is 46.4 Å². The third-order valence-electron chi connectivity index (χ3n) is 3.12. The predicted octanol–water partition coefficient (Wildman–Crippen LogP) is 5.70. The van der Waals surface area contributed by atoms with E-state index in [4.69, 9.17) is 4.74 Å². The van der Waals surface area contributed by atoms with Gasteiger partial charge in [0.1, 0.15) is 6.10 Å². The molecule has 2 aromatic rings. The molecule has 0 N–H and O–H groups in total. The van der Waals surface area contributed by atoms with Gasteiger partial charge in [-0.2, -0.15) is 13.2 Å². The number of ether oxygens (including phenoxy) is 1. The number of carbonyl (C=O) groups excluding carboxylic acids is 1. The fourth-order valence-electron chi connectivity index (χ4n) is 1.99. The van der Waals surface area contributed by atoms with Crippen molar-refractivity contribution in [1.82, 2.24) is 0 Å². The normalized spacial score (nSPS) is 13.0. The van der Waals surface area contributed by atoms with Crippen LogP contribution in [0.5, 0.6) is 0 Å². The summed E-state index contributed by atoms with van der Waals surface area (Å²) in [5.41, 5.74) is 0.985. The average molecular weight is 446 g/mol. The van der Waals surface area contributed by atoms with Crippen LogP contribution in [0.2, 0.25) is 0 Å². The van der Waals surface area contributed by atoms with Crippen molar-refractivity contribution in [3.63, 3.8) is 0 Å². The third kappa shape index (κ3) is 5.67. The summed E-state index contributed by atoms with van der Waals surface area (Å²) in [7, 11) is 0. The van der Waals surface area contributed by atoms with Crippen LogP contribution in [-0.4, -0.2) is 12.1 Å². The smallest absolute Gasteiger partial charge is 0.392 e. The van der Waals surface area contributed by atoms with Gasteiger partial charge in [0.15, 0.2) is 0 Å². The summed E-state index contributed by atoms with van der Waals surface area (Å²) in [4.78, 5) is 12.3. The SMILES string of the molecule is O=C(OC(/C=C/CC(F)(F)F)c1ccccc1)c1ccccc1I. The number of carbonyl (C=O) groups is 1. The molecule has 126 valence electrons. The molecule has 2 aromatic carbocycles. The lowest BCUT2D eigenvalue weighted by Crippen LogP contribution is -2.12. The molecule has 0 aliphatic rings. The van der Waals surface area contributed by atoms with Crippen LogP contribution in [0.25, 0.3) is 0 Å². The Balaban J connectivity index is 2.20. The predicted molar refractivity (Wildman–Crippen MR) is 93.6 cm³/mol. The molecule has 1 unspecified atom stereocenters. The molecule has 2 rings (SSSR count). The van der Waals surface area contributed by atoms with E-state index in [2.05, 4.69) is 0 Å². The Morgan fingerprint density at radius 1 is 1.08 bits per heavy atom. The second-order valence-corrected chi connectivity index (χ2v) is 6.13. The Hall–Kier alpha value is -1.83. The maximum absolute atomic E-state index is 12.3. The Morgan fingerprint density at radius 3 is 2.33 bits per heavy atom. The van der Waals surface area contributed by atoms with Gasteiger partial charge in [0, 0.05) is 3.57 Å². The molecule has 2 nitrogen and oxygen atoms in total. The monoisotopic (exact) mass is 446 g/mol. The zero-order valence-corrected chi connectivity index (χ0v) is 14.6. The first-order chi connectivity index (χ1) is 11.4. The lowest BCUT2D eigenvalue weighted by atomic mass is 10.1. The molecule has 0 aromatic heterocycles.